The molecule has 4 bridgehead atoms. The number of rotatable bonds is 12. The summed E-state index contributed by atoms with van der Waals surface area (Å²) in [5, 5.41) is 7.87. The van der Waals surface area contributed by atoms with Crippen LogP contribution in [0.5, 0.6) is 0 Å². The topological polar surface area (TPSA) is 91.8 Å². The minimum Gasteiger partial charge on any atom is -0.348 e. The number of hydrogen-bond donors (Lipinski definition) is 3. The van der Waals surface area contributed by atoms with Gasteiger partial charge in [-0.3, -0.25) is 9.59 Å². The number of aryl methyl sites for hydroxylation is 1. The number of amides is 1. The third kappa shape index (κ3) is 6.70. The first kappa shape index (κ1) is 32.9. The molecule has 254 valence electrons. The van der Waals surface area contributed by atoms with Crippen LogP contribution < -0.4 is 16.2 Å². The first-order valence-corrected chi connectivity index (χ1v) is 19.7. The predicted molar refractivity (Wildman–Crippen MR) is 192 cm³/mol. The summed E-state index contributed by atoms with van der Waals surface area (Å²) in [6.45, 7) is 7.58. The van der Waals surface area contributed by atoms with Crippen molar-refractivity contribution in [3.63, 3.8) is 0 Å². The van der Waals surface area contributed by atoms with E-state index in [1.165, 1.54) is 56.7 Å². The van der Waals surface area contributed by atoms with Gasteiger partial charge in [-0.05, 0) is 158 Å². The van der Waals surface area contributed by atoms with Crippen LogP contribution in [0, 0.1) is 42.9 Å². The zero-order valence-corrected chi connectivity index (χ0v) is 29.8. The number of nitrogens with one attached hydrogen (secondary N) is 3. The summed E-state index contributed by atoms with van der Waals surface area (Å²) < 4.78 is 2.30. The van der Waals surface area contributed by atoms with Gasteiger partial charge < -0.3 is 20.2 Å². The van der Waals surface area contributed by atoms with E-state index in [1.807, 2.05) is 37.6 Å². The first-order valence-electron chi connectivity index (χ1n) is 18.5. The van der Waals surface area contributed by atoms with Gasteiger partial charge in [0.15, 0.2) is 0 Å². The number of nitrogens with zero attached hydrogens (tertiary/aromatic N) is 2. The molecule has 0 spiro atoms. The molecule has 8 heteroatoms. The maximum atomic E-state index is 13.7. The fourth-order valence-corrected chi connectivity index (χ4v) is 11.6. The quantitative estimate of drug-likeness (QED) is 0.135. The second-order valence-electron chi connectivity index (χ2n) is 15.9. The maximum Gasteiger partial charge on any atom is 0.254 e. The molecule has 0 unspecified atom stereocenters. The third-order valence-electron chi connectivity index (χ3n) is 12.7. The SMILES string of the molecule is CSc1cc(C)[nH]c(=O)c1CNC(=O)c1c(C)n([C@H](C)C2CCC(NCCCCC34CC5CC(CC(C5)C3)C4)CC2)c2ncccc12. The van der Waals surface area contributed by atoms with Crippen molar-refractivity contribution < 1.29 is 4.79 Å². The van der Waals surface area contributed by atoms with Gasteiger partial charge in [-0.1, -0.05) is 6.42 Å². The number of carbonyl (C=O) groups excluding carboxylic acids is 1. The number of thioether (sulfide) groups is 1. The molecule has 8 rings (SSSR count). The van der Waals surface area contributed by atoms with Crippen molar-refractivity contribution in [2.45, 2.75) is 128 Å². The molecule has 0 radical (unpaired) electrons. The molecule has 47 heavy (non-hydrogen) atoms. The van der Waals surface area contributed by atoms with Crippen LogP contribution in [0.3, 0.4) is 0 Å². The van der Waals surface area contributed by atoms with Crippen LogP contribution in [0.4, 0.5) is 0 Å². The average molecular weight is 658 g/mol. The van der Waals surface area contributed by atoms with E-state index in [9.17, 15) is 9.59 Å². The fraction of sp³-hybridized carbons (Fsp3) is 0.667. The highest BCUT2D eigenvalue weighted by molar-refractivity contribution is 7.98. The normalized spacial score (nSPS) is 29.0. The Kier molecular flexibility index (Phi) is 9.63. The van der Waals surface area contributed by atoms with E-state index < -0.39 is 0 Å². The largest absolute Gasteiger partial charge is 0.348 e. The standard InChI is InChI=1S/C39H55N5O2S/c1-24-16-34(47-4)33(37(45)43-24)23-42-38(46)35-26(3)44(36-32(35)8-7-15-41-36)25(2)30-9-11-31(12-10-30)40-14-6-5-13-39-20-27-17-28(21-39)19-29(18-27)22-39/h7-8,15-16,25,27-31,40H,5-6,9-14,17-23H2,1-4H3,(H,42,46)(H,43,45)/t25-,27?,28?,29?,30?,31?,39?/m1/s1. The Labute approximate surface area is 284 Å². The van der Waals surface area contributed by atoms with Crippen LogP contribution >= 0.6 is 11.8 Å². The first-order chi connectivity index (χ1) is 22.7. The van der Waals surface area contributed by atoms with Crippen LogP contribution in [0.2, 0.25) is 0 Å². The van der Waals surface area contributed by atoms with Gasteiger partial charge in [-0.25, -0.2) is 4.98 Å². The van der Waals surface area contributed by atoms with E-state index in [2.05, 4.69) is 34.0 Å². The second kappa shape index (κ2) is 13.7. The lowest BCUT2D eigenvalue weighted by Crippen LogP contribution is -2.46. The molecule has 0 aromatic carbocycles. The summed E-state index contributed by atoms with van der Waals surface area (Å²) in [5.41, 5.74) is 4.48. The zero-order chi connectivity index (χ0) is 32.7. The molecule has 5 aliphatic carbocycles. The summed E-state index contributed by atoms with van der Waals surface area (Å²) in [6.07, 6.45) is 22.0. The van der Waals surface area contributed by atoms with Gasteiger partial charge in [0, 0.05) is 52.1 Å². The Balaban J connectivity index is 0.934. The molecule has 7 nitrogen and oxygen atoms in total. The van der Waals surface area contributed by atoms with Crippen LogP contribution in [0.25, 0.3) is 11.0 Å². The van der Waals surface area contributed by atoms with E-state index in [4.69, 9.17) is 4.98 Å². The van der Waals surface area contributed by atoms with Gasteiger partial charge in [0.2, 0.25) is 0 Å². The number of fused-ring (bicyclic) bond motifs is 1. The molecule has 3 heterocycles. The van der Waals surface area contributed by atoms with Gasteiger partial charge >= 0.3 is 0 Å². The number of aromatic amines is 1. The van der Waals surface area contributed by atoms with Gasteiger partial charge in [0.1, 0.15) is 5.65 Å². The third-order valence-corrected chi connectivity index (χ3v) is 13.5. The highest BCUT2D eigenvalue weighted by Gasteiger charge is 2.50. The molecule has 1 amide bonds. The van der Waals surface area contributed by atoms with Crippen LogP contribution in [-0.2, 0) is 6.54 Å². The zero-order valence-electron chi connectivity index (χ0n) is 29.0. The molecular weight excluding hydrogens is 603 g/mol. The minimum absolute atomic E-state index is 0.147. The van der Waals surface area contributed by atoms with Crippen LogP contribution in [-0.4, -0.2) is 39.3 Å². The van der Waals surface area contributed by atoms with Crippen molar-refractivity contribution in [3.05, 3.63) is 57.3 Å². The molecular formula is C39H55N5O2S. The molecule has 0 aliphatic heterocycles. The van der Waals surface area contributed by atoms with Crippen molar-refractivity contribution in [3.8, 4) is 0 Å². The van der Waals surface area contributed by atoms with Crippen molar-refractivity contribution >= 4 is 28.7 Å². The average Bonchev–Trinajstić information content (AvgIpc) is 3.34. The van der Waals surface area contributed by atoms with Crippen molar-refractivity contribution in [2.24, 2.45) is 29.1 Å². The predicted octanol–water partition coefficient (Wildman–Crippen LogP) is 8.09. The number of hydrogen-bond acceptors (Lipinski definition) is 5. The van der Waals surface area contributed by atoms with E-state index in [1.54, 1.807) is 38.5 Å². The van der Waals surface area contributed by atoms with Gasteiger partial charge in [-0.15, -0.1) is 11.8 Å². The van der Waals surface area contributed by atoms with Crippen molar-refractivity contribution in [1.82, 2.24) is 25.2 Å². The Morgan fingerprint density at radius 1 is 1.09 bits per heavy atom. The minimum atomic E-state index is -0.158. The fourth-order valence-electron chi connectivity index (χ4n) is 10.9. The number of carbonyl (C=O) groups is 1. The molecule has 5 aliphatic rings. The summed E-state index contributed by atoms with van der Waals surface area (Å²) in [6, 6.07) is 6.74. The lowest BCUT2D eigenvalue weighted by atomic mass is 9.48. The molecule has 5 saturated carbocycles. The highest BCUT2D eigenvalue weighted by Crippen LogP contribution is 2.61. The van der Waals surface area contributed by atoms with Crippen molar-refractivity contribution in [2.75, 3.05) is 12.8 Å². The smallest absolute Gasteiger partial charge is 0.254 e. The Bertz CT molecular complexity index is 1620. The summed E-state index contributed by atoms with van der Waals surface area (Å²) in [7, 11) is 0. The molecule has 5 fully saturated rings. The molecule has 3 aromatic heterocycles. The van der Waals surface area contributed by atoms with E-state index in [0.717, 1.165) is 57.0 Å². The lowest BCUT2D eigenvalue weighted by molar-refractivity contribution is -0.0583. The van der Waals surface area contributed by atoms with Gasteiger partial charge in [0.25, 0.3) is 11.5 Å². The van der Waals surface area contributed by atoms with E-state index in [0.29, 0.717) is 23.1 Å². The van der Waals surface area contributed by atoms with Gasteiger partial charge in [0.05, 0.1) is 5.56 Å². The summed E-state index contributed by atoms with van der Waals surface area (Å²) in [4.78, 5) is 34.9. The maximum absolute atomic E-state index is 13.7. The molecule has 3 N–H and O–H groups in total. The van der Waals surface area contributed by atoms with E-state index in [-0.39, 0.29) is 24.1 Å². The number of H-pyrrole nitrogens is 1. The molecule has 1 atom stereocenters. The van der Waals surface area contributed by atoms with E-state index >= 15 is 0 Å². The lowest BCUT2D eigenvalue weighted by Gasteiger charge is -2.57. The monoisotopic (exact) mass is 657 g/mol. The Morgan fingerprint density at radius 2 is 1.79 bits per heavy atom. The van der Waals surface area contributed by atoms with Crippen LogP contribution in [0.1, 0.15) is 124 Å². The Hall–Kier alpha value is -2.58. The van der Waals surface area contributed by atoms with Crippen LogP contribution in [0.15, 0.2) is 34.1 Å². The van der Waals surface area contributed by atoms with Crippen molar-refractivity contribution in [1.29, 1.82) is 0 Å². The summed E-state index contributed by atoms with van der Waals surface area (Å²) in [5.74, 6) is 3.58. The molecule has 3 aromatic rings. The number of unbranched alkanes of at least 4 members (excludes halogenated alkanes) is 1. The summed E-state index contributed by atoms with van der Waals surface area (Å²) >= 11 is 1.53. The Morgan fingerprint density at radius 3 is 2.47 bits per heavy atom. The van der Waals surface area contributed by atoms with Gasteiger partial charge in [-0.2, -0.15) is 0 Å². The molecule has 0 saturated heterocycles. The second-order valence-corrected chi connectivity index (χ2v) is 16.7. The number of pyridine rings is 2. The highest BCUT2D eigenvalue weighted by atomic mass is 32.2. The number of aromatic nitrogens is 3.